The van der Waals surface area contributed by atoms with Crippen LogP contribution in [0.25, 0.3) is 0 Å². The van der Waals surface area contributed by atoms with E-state index in [4.69, 9.17) is 15.9 Å². The fraction of sp³-hybridized carbons (Fsp3) is 0.300. The molecule has 0 radical (unpaired) electrons. The number of aliphatic hydroxyl groups is 1. The van der Waals surface area contributed by atoms with E-state index >= 15 is 0 Å². The van der Waals surface area contributed by atoms with Crippen molar-refractivity contribution in [1.29, 1.82) is 0 Å². The number of anilines is 1. The van der Waals surface area contributed by atoms with Crippen molar-refractivity contribution in [2.24, 2.45) is 0 Å². The Kier molecular flexibility index (Phi) is 3.99. The van der Waals surface area contributed by atoms with E-state index in [0.29, 0.717) is 0 Å². The molecule has 0 bridgehead atoms. The van der Waals surface area contributed by atoms with Gasteiger partial charge in [0.25, 0.3) is 0 Å². The zero-order valence-corrected chi connectivity index (χ0v) is 9.12. The molecule has 1 aromatic carbocycles. The number of aromatic carboxylic acids is 1. The fourth-order valence-electron chi connectivity index (χ4n) is 1.06. The maximum Gasteiger partial charge on any atom is 0.337 e. The molecule has 0 aromatic heterocycles. The summed E-state index contributed by atoms with van der Waals surface area (Å²) in [6.45, 7) is 1.92. The smallest absolute Gasteiger partial charge is 0.337 e. The molecule has 0 fully saturated rings. The average molecular weight is 227 g/mol. The Labute approximate surface area is 92.1 Å². The van der Waals surface area contributed by atoms with Crippen LogP contribution >= 0.6 is 11.8 Å². The van der Waals surface area contributed by atoms with Gasteiger partial charge in [-0.3, -0.25) is 0 Å². The van der Waals surface area contributed by atoms with Crippen molar-refractivity contribution in [1.82, 2.24) is 0 Å². The van der Waals surface area contributed by atoms with Crippen molar-refractivity contribution >= 4 is 23.4 Å². The number of carboxylic acids is 1. The second-order valence-electron chi connectivity index (χ2n) is 3.17. The largest absolute Gasteiger partial charge is 0.478 e. The maximum absolute atomic E-state index is 10.8. The summed E-state index contributed by atoms with van der Waals surface area (Å²) in [7, 11) is 0. The minimum Gasteiger partial charge on any atom is -0.478 e. The van der Waals surface area contributed by atoms with Gasteiger partial charge in [0.1, 0.15) is 0 Å². The third-order valence-electron chi connectivity index (χ3n) is 1.85. The molecule has 0 amide bonds. The number of rotatable bonds is 4. The number of hydrogen-bond donors (Lipinski definition) is 3. The average Bonchev–Trinajstić information content (AvgIpc) is 2.20. The van der Waals surface area contributed by atoms with Crippen LogP contribution in [0.3, 0.4) is 0 Å². The summed E-state index contributed by atoms with van der Waals surface area (Å²) in [6.07, 6.45) is 0. The van der Waals surface area contributed by atoms with Crippen LogP contribution in [0.15, 0.2) is 23.1 Å². The Morgan fingerprint density at radius 2 is 2.27 bits per heavy atom. The number of aliphatic hydroxyl groups excluding tert-OH is 1. The lowest BCUT2D eigenvalue weighted by Crippen LogP contribution is -2.04. The minimum absolute atomic E-state index is 0.0373. The van der Waals surface area contributed by atoms with Crippen LogP contribution in [0.2, 0.25) is 0 Å². The van der Waals surface area contributed by atoms with Crippen molar-refractivity contribution < 1.29 is 15.0 Å². The number of nitrogen functional groups attached to an aromatic ring is 1. The van der Waals surface area contributed by atoms with Gasteiger partial charge in [0.2, 0.25) is 0 Å². The second kappa shape index (κ2) is 5.04. The maximum atomic E-state index is 10.8. The lowest BCUT2D eigenvalue weighted by atomic mass is 10.2. The molecule has 1 aromatic rings. The molecule has 82 valence electrons. The SMILES string of the molecule is CC(CO)Sc1ccc(N)c(C(=O)O)c1. The quantitative estimate of drug-likeness (QED) is 0.535. The van der Waals surface area contributed by atoms with E-state index < -0.39 is 5.97 Å². The van der Waals surface area contributed by atoms with Crippen LogP contribution in [-0.4, -0.2) is 28.0 Å². The Hall–Kier alpha value is -1.20. The normalized spacial score (nSPS) is 12.4. The standard InChI is InChI=1S/C10H13NO3S/c1-6(5-12)15-7-2-3-9(11)8(4-7)10(13)14/h2-4,6,12H,5,11H2,1H3,(H,13,14). The lowest BCUT2D eigenvalue weighted by molar-refractivity contribution is 0.0698. The molecule has 1 unspecified atom stereocenters. The van der Waals surface area contributed by atoms with Crippen LogP contribution in [0.5, 0.6) is 0 Å². The molecule has 4 nitrogen and oxygen atoms in total. The zero-order chi connectivity index (χ0) is 11.4. The van der Waals surface area contributed by atoms with E-state index in [1.807, 2.05) is 6.92 Å². The number of carboxylic acid groups (broad SMARTS) is 1. The molecule has 1 rings (SSSR count). The molecule has 0 aliphatic heterocycles. The Morgan fingerprint density at radius 3 is 2.80 bits per heavy atom. The summed E-state index contributed by atoms with van der Waals surface area (Å²) in [4.78, 5) is 11.6. The predicted octanol–water partition coefficient (Wildman–Crippen LogP) is 1.44. The van der Waals surface area contributed by atoms with Gasteiger partial charge in [-0.1, -0.05) is 6.92 Å². The van der Waals surface area contributed by atoms with Crippen LogP contribution < -0.4 is 5.73 Å². The summed E-state index contributed by atoms with van der Waals surface area (Å²) in [5.74, 6) is -1.04. The van der Waals surface area contributed by atoms with E-state index in [0.717, 1.165) is 4.90 Å². The monoisotopic (exact) mass is 227 g/mol. The van der Waals surface area contributed by atoms with Crippen LogP contribution in [0.1, 0.15) is 17.3 Å². The van der Waals surface area contributed by atoms with E-state index in [2.05, 4.69) is 0 Å². The second-order valence-corrected chi connectivity index (χ2v) is 4.68. The van der Waals surface area contributed by atoms with Crippen LogP contribution in [-0.2, 0) is 0 Å². The molecule has 0 heterocycles. The van der Waals surface area contributed by atoms with E-state index in [1.54, 1.807) is 12.1 Å². The number of carbonyl (C=O) groups is 1. The molecule has 0 aliphatic rings. The third kappa shape index (κ3) is 3.14. The van der Waals surface area contributed by atoms with Crippen LogP contribution in [0, 0.1) is 0 Å². The molecule has 1 atom stereocenters. The molecule has 0 saturated heterocycles. The van der Waals surface area contributed by atoms with Crippen molar-refractivity contribution in [3.05, 3.63) is 23.8 Å². The third-order valence-corrected chi connectivity index (χ3v) is 2.93. The molecule has 15 heavy (non-hydrogen) atoms. The molecular weight excluding hydrogens is 214 g/mol. The first-order valence-electron chi connectivity index (χ1n) is 4.45. The predicted molar refractivity (Wildman–Crippen MR) is 60.2 cm³/mol. The summed E-state index contributed by atoms with van der Waals surface area (Å²) in [6, 6.07) is 4.84. The highest BCUT2D eigenvalue weighted by atomic mass is 32.2. The van der Waals surface area contributed by atoms with Gasteiger partial charge < -0.3 is 15.9 Å². The van der Waals surface area contributed by atoms with E-state index in [-0.39, 0.29) is 23.1 Å². The van der Waals surface area contributed by atoms with Crippen molar-refractivity contribution in [3.8, 4) is 0 Å². The van der Waals surface area contributed by atoms with Crippen molar-refractivity contribution in [3.63, 3.8) is 0 Å². The van der Waals surface area contributed by atoms with Gasteiger partial charge in [0.15, 0.2) is 0 Å². The molecule has 4 N–H and O–H groups in total. The summed E-state index contributed by atoms with van der Waals surface area (Å²) in [5.41, 5.74) is 5.87. The Balaban J connectivity index is 2.92. The topological polar surface area (TPSA) is 83.5 Å². The van der Waals surface area contributed by atoms with E-state index in [9.17, 15) is 4.79 Å². The van der Waals surface area contributed by atoms with Crippen molar-refractivity contribution in [2.45, 2.75) is 17.1 Å². The highest BCUT2D eigenvalue weighted by molar-refractivity contribution is 8.00. The lowest BCUT2D eigenvalue weighted by Gasteiger charge is -2.09. The minimum atomic E-state index is -1.04. The van der Waals surface area contributed by atoms with Gasteiger partial charge in [0.05, 0.1) is 12.2 Å². The molecule has 0 saturated carbocycles. The van der Waals surface area contributed by atoms with Gasteiger partial charge in [-0.2, -0.15) is 0 Å². The van der Waals surface area contributed by atoms with Gasteiger partial charge >= 0.3 is 5.97 Å². The molecule has 5 heteroatoms. The molecular formula is C10H13NO3S. The van der Waals surface area contributed by atoms with Crippen LogP contribution in [0.4, 0.5) is 5.69 Å². The van der Waals surface area contributed by atoms with Gasteiger partial charge in [-0.05, 0) is 18.2 Å². The Morgan fingerprint density at radius 1 is 1.60 bits per heavy atom. The number of thioether (sulfide) groups is 1. The van der Waals surface area contributed by atoms with Crippen molar-refractivity contribution in [2.75, 3.05) is 12.3 Å². The highest BCUT2D eigenvalue weighted by Gasteiger charge is 2.10. The number of benzene rings is 1. The number of hydrogen-bond acceptors (Lipinski definition) is 4. The zero-order valence-electron chi connectivity index (χ0n) is 8.30. The van der Waals surface area contributed by atoms with Gasteiger partial charge in [0, 0.05) is 15.8 Å². The summed E-state index contributed by atoms with van der Waals surface area (Å²) >= 11 is 1.41. The first kappa shape index (κ1) is 11.9. The highest BCUT2D eigenvalue weighted by Crippen LogP contribution is 2.26. The first-order chi connectivity index (χ1) is 7.04. The molecule has 0 aliphatic carbocycles. The Bertz CT molecular complexity index is 368. The van der Waals surface area contributed by atoms with Gasteiger partial charge in [-0.25, -0.2) is 4.79 Å². The first-order valence-corrected chi connectivity index (χ1v) is 5.33. The van der Waals surface area contributed by atoms with Gasteiger partial charge in [-0.15, -0.1) is 11.8 Å². The number of nitrogens with two attached hydrogens (primary N) is 1. The fourth-order valence-corrected chi connectivity index (χ4v) is 1.94. The molecule has 0 spiro atoms. The van der Waals surface area contributed by atoms with E-state index in [1.165, 1.54) is 17.8 Å². The summed E-state index contributed by atoms with van der Waals surface area (Å²) in [5, 5.41) is 17.7. The summed E-state index contributed by atoms with van der Waals surface area (Å²) < 4.78 is 0.